The molecule has 1 atom stereocenters. The molecule has 0 aliphatic carbocycles. The Morgan fingerprint density at radius 3 is 3.20 bits per heavy atom. The average molecular weight is 212 g/mol. The van der Waals surface area contributed by atoms with E-state index in [2.05, 4.69) is 5.32 Å². The topological polar surface area (TPSA) is 41.6 Å². The normalized spacial score (nSPS) is 27.3. The zero-order valence-electron chi connectivity index (χ0n) is 9.21. The van der Waals surface area contributed by atoms with Crippen LogP contribution < -0.4 is 5.32 Å². The van der Waals surface area contributed by atoms with E-state index in [1.165, 1.54) is 25.8 Å². The van der Waals surface area contributed by atoms with Gasteiger partial charge in [0.05, 0.1) is 6.61 Å². The molecule has 0 bridgehead atoms. The Kier molecular flexibility index (Phi) is 3.97. The molecule has 2 aliphatic heterocycles. The molecule has 0 aromatic heterocycles. The maximum atomic E-state index is 11.4. The molecule has 2 fully saturated rings. The third-order valence-corrected chi connectivity index (χ3v) is 3.23. The van der Waals surface area contributed by atoms with Gasteiger partial charge in [0.1, 0.15) is 6.61 Å². The summed E-state index contributed by atoms with van der Waals surface area (Å²) < 4.78 is 5.09. The van der Waals surface area contributed by atoms with E-state index in [1.807, 2.05) is 4.90 Å². The second-order valence-corrected chi connectivity index (χ2v) is 4.37. The summed E-state index contributed by atoms with van der Waals surface area (Å²) in [5, 5.41) is 3.48. The van der Waals surface area contributed by atoms with Gasteiger partial charge in [0, 0.05) is 19.1 Å². The summed E-state index contributed by atoms with van der Waals surface area (Å²) in [5.41, 5.74) is 0. The molecule has 0 saturated carbocycles. The Morgan fingerprint density at radius 1 is 1.53 bits per heavy atom. The van der Waals surface area contributed by atoms with Crippen LogP contribution in [0.4, 0.5) is 0 Å². The first-order valence-electron chi connectivity index (χ1n) is 5.95. The number of nitrogens with one attached hydrogen (secondary N) is 1. The Morgan fingerprint density at radius 2 is 2.47 bits per heavy atom. The number of carbonyl (C=O) groups is 1. The quantitative estimate of drug-likeness (QED) is 0.732. The summed E-state index contributed by atoms with van der Waals surface area (Å²) in [6.07, 6.45) is 4.92. The molecule has 1 amide bonds. The van der Waals surface area contributed by atoms with Crippen LogP contribution in [0.5, 0.6) is 0 Å². The number of hydrogen-bond acceptors (Lipinski definition) is 3. The summed E-state index contributed by atoms with van der Waals surface area (Å²) >= 11 is 0. The van der Waals surface area contributed by atoms with Crippen molar-refractivity contribution < 1.29 is 9.53 Å². The smallest absolute Gasteiger partial charge is 0.248 e. The summed E-state index contributed by atoms with van der Waals surface area (Å²) in [7, 11) is 0. The lowest BCUT2D eigenvalue weighted by Crippen LogP contribution is -2.42. The Hall–Kier alpha value is -0.610. The lowest BCUT2D eigenvalue weighted by atomic mass is 10.1. The molecule has 2 saturated heterocycles. The van der Waals surface area contributed by atoms with Crippen molar-refractivity contribution in [1.29, 1.82) is 0 Å². The number of hydrogen-bond donors (Lipinski definition) is 1. The lowest BCUT2D eigenvalue weighted by Gasteiger charge is -2.27. The van der Waals surface area contributed by atoms with Gasteiger partial charge in [0.15, 0.2) is 0 Å². The third-order valence-electron chi connectivity index (χ3n) is 3.23. The van der Waals surface area contributed by atoms with Crippen LogP contribution in [0.1, 0.15) is 25.7 Å². The van der Waals surface area contributed by atoms with E-state index >= 15 is 0 Å². The van der Waals surface area contributed by atoms with Gasteiger partial charge in [-0.05, 0) is 32.2 Å². The van der Waals surface area contributed by atoms with Gasteiger partial charge in [-0.2, -0.15) is 0 Å². The summed E-state index contributed by atoms with van der Waals surface area (Å²) in [6, 6.07) is 0.696. The molecule has 0 radical (unpaired) electrons. The van der Waals surface area contributed by atoms with E-state index in [1.54, 1.807) is 0 Å². The first kappa shape index (κ1) is 10.9. The molecule has 4 nitrogen and oxygen atoms in total. The van der Waals surface area contributed by atoms with Crippen LogP contribution >= 0.6 is 0 Å². The van der Waals surface area contributed by atoms with Crippen molar-refractivity contribution in [2.75, 3.05) is 32.8 Å². The van der Waals surface area contributed by atoms with Crippen LogP contribution in [0, 0.1) is 0 Å². The van der Waals surface area contributed by atoms with Crippen molar-refractivity contribution in [3.63, 3.8) is 0 Å². The largest absolute Gasteiger partial charge is 0.370 e. The van der Waals surface area contributed by atoms with Crippen molar-refractivity contribution in [3.8, 4) is 0 Å². The maximum Gasteiger partial charge on any atom is 0.248 e. The van der Waals surface area contributed by atoms with Gasteiger partial charge in [0.2, 0.25) is 5.91 Å². The minimum absolute atomic E-state index is 0.153. The van der Waals surface area contributed by atoms with E-state index < -0.39 is 0 Å². The number of amides is 1. The number of rotatable bonds is 4. The van der Waals surface area contributed by atoms with E-state index in [0.717, 1.165) is 19.5 Å². The number of ether oxygens (including phenoxy) is 1. The van der Waals surface area contributed by atoms with Crippen LogP contribution in [0.2, 0.25) is 0 Å². The first-order valence-corrected chi connectivity index (χ1v) is 5.95. The molecule has 4 heteroatoms. The highest BCUT2D eigenvalue weighted by molar-refractivity contribution is 5.77. The van der Waals surface area contributed by atoms with E-state index in [0.29, 0.717) is 12.6 Å². The fourth-order valence-corrected chi connectivity index (χ4v) is 2.32. The number of morpholine rings is 1. The zero-order chi connectivity index (χ0) is 10.5. The highest BCUT2D eigenvalue weighted by Gasteiger charge is 2.19. The second kappa shape index (κ2) is 5.47. The molecule has 86 valence electrons. The lowest BCUT2D eigenvalue weighted by molar-refractivity contribution is -0.142. The van der Waals surface area contributed by atoms with Gasteiger partial charge < -0.3 is 15.0 Å². The van der Waals surface area contributed by atoms with Crippen LogP contribution in [0.15, 0.2) is 0 Å². The average Bonchev–Trinajstić information content (AvgIpc) is 2.74. The molecule has 1 unspecified atom stereocenters. The molecule has 15 heavy (non-hydrogen) atoms. The number of carbonyl (C=O) groups excluding carboxylic acids is 1. The summed E-state index contributed by atoms with van der Waals surface area (Å²) in [5.74, 6) is 0.153. The van der Waals surface area contributed by atoms with Crippen LogP contribution in [-0.4, -0.2) is 49.7 Å². The maximum absolute atomic E-state index is 11.4. The minimum Gasteiger partial charge on any atom is -0.370 e. The van der Waals surface area contributed by atoms with Crippen molar-refractivity contribution in [1.82, 2.24) is 10.2 Å². The van der Waals surface area contributed by atoms with Gasteiger partial charge in [0.25, 0.3) is 0 Å². The standard InChI is InChI=1S/C11H20N2O2/c14-11-9-15-8-7-13(11)6-2-4-10-3-1-5-12-10/h10,12H,1-9H2. The number of nitrogens with zero attached hydrogens (tertiary/aromatic N) is 1. The van der Waals surface area contributed by atoms with Gasteiger partial charge in [-0.3, -0.25) is 4.79 Å². The molecule has 2 aliphatic rings. The molecule has 0 spiro atoms. The van der Waals surface area contributed by atoms with E-state index in [4.69, 9.17) is 4.74 Å². The van der Waals surface area contributed by atoms with Gasteiger partial charge in [-0.1, -0.05) is 0 Å². The molecule has 1 N–H and O–H groups in total. The molecule has 2 rings (SSSR count). The fraction of sp³-hybridized carbons (Fsp3) is 0.909. The third kappa shape index (κ3) is 3.18. The van der Waals surface area contributed by atoms with Crippen LogP contribution in [0.3, 0.4) is 0 Å². The van der Waals surface area contributed by atoms with Crippen LogP contribution in [-0.2, 0) is 9.53 Å². The van der Waals surface area contributed by atoms with E-state index in [-0.39, 0.29) is 12.5 Å². The molecule has 2 heterocycles. The highest BCUT2D eigenvalue weighted by atomic mass is 16.5. The molecule has 0 aromatic rings. The Labute approximate surface area is 91.0 Å². The Bertz CT molecular complexity index is 215. The SMILES string of the molecule is O=C1COCCN1CCCC1CCCN1. The summed E-state index contributed by atoms with van der Waals surface area (Å²) in [6.45, 7) is 3.83. The van der Waals surface area contributed by atoms with E-state index in [9.17, 15) is 4.79 Å². The first-order chi connectivity index (χ1) is 7.36. The van der Waals surface area contributed by atoms with Gasteiger partial charge in [-0.15, -0.1) is 0 Å². The van der Waals surface area contributed by atoms with Crippen molar-refractivity contribution in [3.05, 3.63) is 0 Å². The summed E-state index contributed by atoms with van der Waals surface area (Å²) in [4.78, 5) is 13.3. The predicted octanol–water partition coefficient (Wildman–Crippen LogP) is 0.377. The molecule has 0 aromatic carbocycles. The van der Waals surface area contributed by atoms with Crippen molar-refractivity contribution in [2.24, 2.45) is 0 Å². The minimum atomic E-state index is 0.153. The van der Waals surface area contributed by atoms with Crippen LogP contribution in [0.25, 0.3) is 0 Å². The van der Waals surface area contributed by atoms with Crippen molar-refractivity contribution >= 4 is 5.91 Å². The zero-order valence-corrected chi connectivity index (χ0v) is 9.21. The van der Waals surface area contributed by atoms with Crippen molar-refractivity contribution in [2.45, 2.75) is 31.7 Å². The fourth-order valence-electron chi connectivity index (χ4n) is 2.32. The molecular weight excluding hydrogens is 192 g/mol. The van der Waals surface area contributed by atoms with Gasteiger partial charge >= 0.3 is 0 Å². The van der Waals surface area contributed by atoms with Gasteiger partial charge in [-0.25, -0.2) is 0 Å². The second-order valence-electron chi connectivity index (χ2n) is 4.37. The Balaban J connectivity index is 1.61. The monoisotopic (exact) mass is 212 g/mol. The predicted molar refractivity (Wildman–Crippen MR) is 57.7 cm³/mol. The molecular formula is C11H20N2O2. The highest BCUT2D eigenvalue weighted by Crippen LogP contribution is 2.11.